The van der Waals surface area contributed by atoms with Crippen molar-refractivity contribution in [3.05, 3.63) is 76.3 Å². The molecule has 5 rings (SSSR count). The summed E-state index contributed by atoms with van der Waals surface area (Å²) in [7, 11) is 0. The van der Waals surface area contributed by atoms with E-state index in [0.717, 1.165) is 31.3 Å². The van der Waals surface area contributed by atoms with E-state index in [0.29, 0.717) is 23.8 Å². The van der Waals surface area contributed by atoms with Crippen LogP contribution in [-0.4, -0.2) is 29.6 Å². The van der Waals surface area contributed by atoms with E-state index in [9.17, 15) is 19.6 Å². The van der Waals surface area contributed by atoms with Crippen LogP contribution in [0.4, 0.5) is 0 Å². The topological polar surface area (TPSA) is 102 Å². The number of hydrogen-bond acceptors (Lipinski definition) is 7. The van der Waals surface area contributed by atoms with Gasteiger partial charge in [0.1, 0.15) is 6.61 Å². The molecule has 1 aromatic carbocycles. The first-order valence-corrected chi connectivity index (χ1v) is 13.2. The Morgan fingerprint density at radius 2 is 1.97 bits per heavy atom. The molecule has 7 unspecified atom stereocenters. The second kappa shape index (κ2) is 9.67. The maximum atomic E-state index is 13.4. The molecule has 1 aromatic rings. The molecule has 0 spiro atoms. The fourth-order valence-corrected chi connectivity index (χ4v) is 8.19. The lowest BCUT2D eigenvalue weighted by atomic mass is 9.46. The van der Waals surface area contributed by atoms with Crippen LogP contribution in [0.2, 0.25) is 0 Å². The van der Waals surface area contributed by atoms with Crippen LogP contribution < -0.4 is 0 Å². The van der Waals surface area contributed by atoms with Crippen LogP contribution in [-0.2, 0) is 21.0 Å². The Morgan fingerprint density at radius 3 is 2.76 bits per heavy atom. The van der Waals surface area contributed by atoms with E-state index in [1.807, 2.05) is 0 Å². The van der Waals surface area contributed by atoms with Crippen molar-refractivity contribution in [3.8, 4) is 0 Å². The van der Waals surface area contributed by atoms with Crippen molar-refractivity contribution in [2.75, 3.05) is 6.61 Å². The Bertz CT molecular complexity index is 1190. The Morgan fingerprint density at radius 1 is 1.19 bits per heavy atom. The highest BCUT2D eigenvalue weighted by Gasteiger charge is 2.62. The number of fused-ring (bicyclic) bond motifs is 5. The summed E-state index contributed by atoms with van der Waals surface area (Å²) in [5.41, 5.74) is 2.57. The number of ketones is 1. The number of allylic oxidation sites excluding steroid dienone is 5. The molecule has 7 atom stereocenters. The summed E-state index contributed by atoms with van der Waals surface area (Å²) in [6, 6.07) is 6.62. The number of nitrogens with zero attached hydrogens (tertiary/aromatic N) is 1. The van der Waals surface area contributed by atoms with Crippen LogP contribution in [0.25, 0.3) is 0 Å². The molecule has 3 fully saturated rings. The van der Waals surface area contributed by atoms with Gasteiger partial charge in [-0.25, -0.2) is 4.79 Å². The molecule has 37 heavy (non-hydrogen) atoms. The van der Waals surface area contributed by atoms with Crippen LogP contribution in [0.3, 0.4) is 0 Å². The number of carbonyl (C=O) groups is 2. The lowest BCUT2D eigenvalue weighted by molar-refractivity contribution is -0.141. The Balaban J connectivity index is 1.29. The Kier molecular flexibility index (Phi) is 6.69. The van der Waals surface area contributed by atoms with E-state index in [4.69, 9.17) is 4.74 Å². The zero-order chi connectivity index (χ0) is 26.4. The first kappa shape index (κ1) is 25.6. The lowest BCUT2D eigenvalue weighted by Crippen LogP contribution is -2.56. The van der Waals surface area contributed by atoms with E-state index >= 15 is 0 Å². The molecular formula is C30H35NO6. The normalized spacial score (nSPS) is 36.0. The third-order valence-corrected chi connectivity index (χ3v) is 9.83. The summed E-state index contributed by atoms with van der Waals surface area (Å²) in [4.78, 5) is 41.0. The van der Waals surface area contributed by atoms with Crippen LogP contribution in [0.1, 0.15) is 61.9 Å². The third-order valence-electron chi connectivity index (χ3n) is 9.83. The second-order valence-corrected chi connectivity index (χ2v) is 11.7. The summed E-state index contributed by atoms with van der Waals surface area (Å²) >= 11 is 0. The van der Waals surface area contributed by atoms with E-state index in [-0.39, 0.29) is 47.2 Å². The van der Waals surface area contributed by atoms with Gasteiger partial charge in [-0.2, -0.15) is 0 Å². The molecular weight excluding hydrogens is 470 g/mol. The number of esters is 1. The zero-order valence-corrected chi connectivity index (χ0v) is 21.5. The van der Waals surface area contributed by atoms with E-state index in [1.165, 1.54) is 5.57 Å². The summed E-state index contributed by atoms with van der Waals surface area (Å²) < 4.78 is 5.44. The average Bonchev–Trinajstić information content (AvgIpc) is 3.22. The summed E-state index contributed by atoms with van der Waals surface area (Å²) in [6.45, 7) is 8.04. The molecule has 0 heterocycles. The Hall–Kier alpha value is -3.06. The first-order chi connectivity index (χ1) is 17.7. The van der Waals surface area contributed by atoms with Crippen molar-refractivity contribution in [3.63, 3.8) is 0 Å². The average molecular weight is 506 g/mol. The van der Waals surface area contributed by atoms with Gasteiger partial charge < -0.3 is 14.7 Å². The maximum absolute atomic E-state index is 13.4. The van der Waals surface area contributed by atoms with Crippen molar-refractivity contribution in [1.82, 2.24) is 0 Å². The van der Waals surface area contributed by atoms with E-state index < -0.39 is 12.1 Å². The van der Waals surface area contributed by atoms with Crippen molar-refractivity contribution in [2.45, 2.75) is 58.7 Å². The highest BCUT2D eigenvalue weighted by molar-refractivity contribution is 5.93. The molecule has 0 aliphatic heterocycles. The highest BCUT2D eigenvalue weighted by Crippen LogP contribution is 2.66. The number of benzene rings is 1. The largest absolute Gasteiger partial charge is 0.454 e. The number of ether oxygens (including phenoxy) is 1. The molecule has 0 amide bonds. The van der Waals surface area contributed by atoms with Gasteiger partial charge in [0.2, 0.25) is 0 Å². The molecule has 4 aliphatic carbocycles. The van der Waals surface area contributed by atoms with Crippen LogP contribution in [0.15, 0.2) is 65.6 Å². The standard InChI is InChI=1S/C30H35NO6/c1-18-12-13-29(2)20(14-18)8-9-22-23-10-11-24(30(23,3)15-25(32)27(22)29)26(33)17-36-28(34)21-7-5-4-6-19(21)16-37-31-35/h4-7,12-14,22-25,27,32H,1,8-11,15-17H2,2-3H3. The van der Waals surface area contributed by atoms with Crippen LogP contribution >= 0.6 is 0 Å². The van der Waals surface area contributed by atoms with E-state index in [2.05, 4.69) is 48.8 Å². The number of carbonyl (C=O) groups excluding carboxylic acids is 2. The van der Waals surface area contributed by atoms with Gasteiger partial charge in [0.25, 0.3) is 0 Å². The second-order valence-electron chi connectivity index (χ2n) is 11.7. The lowest BCUT2D eigenvalue weighted by Gasteiger charge is -2.58. The van der Waals surface area contributed by atoms with Gasteiger partial charge in [-0.1, -0.05) is 62.4 Å². The number of aliphatic hydroxyl groups is 1. The minimum Gasteiger partial charge on any atom is -0.454 e. The van der Waals surface area contributed by atoms with Crippen LogP contribution in [0, 0.1) is 39.4 Å². The van der Waals surface area contributed by atoms with Gasteiger partial charge in [-0.05, 0) is 61.0 Å². The van der Waals surface area contributed by atoms with Crippen molar-refractivity contribution >= 4 is 11.8 Å². The predicted molar refractivity (Wildman–Crippen MR) is 138 cm³/mol. The Labute approximate surface area is 217 Å². The highest BCUT2D eigenvalue weighted by atomic mass is 16.7. The van der Waals surface area contributed by atoms with Crippen molar-refractivity contribution < 1.29 is 24.3 Å². The number of hydrogen-bond donors (Lipinski definition) is 1. The van der Waals surface area contributed by atoms with Gasteiger partial charge in [0.05, 0.1) is 11.7 Å². The summed E-state index contributed by atoms with van der Waals surface area (Å²) in [5, 5.41) is 13.9. The smallest absolute Gasteiger partial charge is 0.338 e. The minimum atomic E-state index is -0.632. The maximum Gasteiger partial charge on any atom is 0.338 e. The SMILES string of the molecule is C=C1C=CC2(C)C(=C1)CCC1C2C(O)CC2(C)C(C(=O)COC(=O)c3ccccc3CON=O)CCC12. The third kappa shape index (κ3) is 4.27. The quantitative estimate of drug-likeness (QED) is 0.299. The molecule has 7 nitrogen and oxygen atoms in total. The predicted octanol–water partition coefficient (Wildman–Crippen LogP) is 5.49. The minimum absolute atomic E-state index is 0.0937. The fraction of sp³-hybridized carbons (Fsp3) is 0.533. The summed E-state index contributed by atoms with van der Waals surface area (Å²) in [6.07, 6.45) is 10.2. The van der Waals surface area contributed by atoms with Gasteiger partial charge in [-0.15, -0.1) is 4.91 Å². The number of rotatable bonds is 7. The van der Waals surface area contributed by atoms with E-state index in [1.54, 1.807) is 24.3 Å². The van der Waals surface area contributed by atoms with Gasteiger partial charge in [-0.3, -0.25) is 4.79 Å². The molecule has 0 radical (unpaired) electrons. The zero-order valence-electron chi connectivity index (χ0n) is 21.5. The fourth-order valence-electron chi connectivity index (χ4n) is 8.19. The van der Waals surface area contributed by atoms with Crippen molar-refractivity contribution in [2.24, 2.45) is 39.8 Å². The summed E-state index contributed by atoms with van der Waals surface area (Å²) in [5.74, 6) is -0.177. The van der Waals surface area contributed by atoms with Crippen LogP contribution in [0.5, 0.6) is 0 Å². The molecule has 0 saturated heterocycles. The van der Waals surface area contributed by atoms with Crippen molar-refractivity contribution in [1.29, 1.82) is 0 Å². The first-order valence-electron chi connectivity index (χ1n) is 13.2. The molecule has 0 aromatic heterocycles. The molecule has 7 heteroatoms. The number of aliphatic hydroxyl groups excluding tert-OH is 1. The molecule has 4 aliphatic rings. The van der Waals surface area contributed by atoms with Gasteiger partial charge in [0.15, 0.2) is 17.7 Å². The molecule has 196 valence electrons. The molecule has 3 saturated carbocycles. The number of Topliss-reactive ketones (excluding diaryl/α,β-unsaturated/α-hetero) is 1. The monoisotopic (exact) mass is 505 g/mol. The van der Waals surface area contributed by atoms with Gasteiger partial charge >= 0.3 is 5.97 Å². The molecule has 0 bridgehead atoms. The van der Waals surface area contributed by atoms with Gasteiger partial charge in [0, 0.05) is 22.8 Å². The molecule has 1 N–H and O–H groups in total.